The smallest absolute Gasteiger partial charge is 0.432 e. The summed E-state index contributed by atoms with van der Waals surface area (Å²) < 4.78 is 22.4. The van der Waals surface area contributed by atoms with Gasteiger partial charge in [0, 0.05) is 10.7 Å². The molecule has 0 atom stereocenters. The molecule has 19 heavy (non-hydrogen) atoms. The van der Waals surface area contributed by atoms with Crippen molar-refractivity contribution in [1.82, 2.24) is 5.23 Å². The van der Waals surface area contributed by atoms with E-state index in [1.807, 2.05) is 0 Å². The molecule has 7 nitrogen and oxygen atoms in total. The molecule has 0 spiro atoms. The van der Waals surface area contributed by atoms with Crippen LogP contribution >= 0.6 is 19.3 Å². The van der Waals surface area contributed by atoms with Crippen LogP contribution in [0.25, 0.3) is 0 Å². The lowest BCUT2D eigenvalue weighted by Crippen LogP contribution is -2.51. The molecule has 2 N–H and O–H groups in total. The second-order valence-electron chi connectivity index (χ2n) is 4.44. The first-order valence-corrected chi connectivity index (χ1v) is 7.34. The Morgan fingerprint density at radius 1 is 1.53 bits per heavy atom. The van der Waals surface area contributed by atoms with Gasteiger partial charge in [0.2, 0.25) is 0 Å². The van der Waals surface area contributed by atoms with E-state index in [9.17, 15) is 9.77 Å². The maximum atomic E-state index is 12.2. The molecular formula is C10H13ClN2O5P-. The van der Waals surface area contributed by atoms with Crippen molar-refractivity contribution in [2.45, 2.75) is 12.5 Å². The highest BCUT2D eigenvalue weighted by Crippen LogP contribution is 2.52. The number of benzene rings is 1. The topological polar surface area (TPSA) is 94.1 Å². The lowest BCUT2D eigenvalue weighted by molar-refractivity contribution is -0.160. The highest BCUT2D eigenvalue weighted by molar-refractivity contribution is 7.55. The fourth-order valence-electron chi connectivity index (χ4n) is 1.42. The van der Waals surface area contributed by atoms with E-state index in [-0.39, 0.29) is 18.4 Å². The van der Waals surface area contributed by atoms with Gasteiger partial charge >= 0.3 is 7.75 Å². The Morgan fingerprint density at radius 2 is 2.16 bits per heavy atom. The third-order valence-electron chi connectivity index (χ3n) is 2.64. The average molecular weight is 308 g/mol. The Bertz CT molecular complexity index is 500. The van der Waals surface area contributed by atoms with Crippen LogP contribution in [0.3, 0.4) is 0 Å². The molecule has 1 aromatic rings. The fourth-order valence-corrected chi connectivity index (χ4v) is 3.16. The Labute approximate surface area is 115 Å². The number of hydroxylamine groups is 2. The van der Waals surface area contributed by atoms with Crippen LogP contribution in [0, 0.1) is 5.21 Å². The van der Waals surface area contributed by atoms with E-state index < -0.39 is 13.3 Å². The predicted molar refractivity (Wildman–Crippen MR) is 70.0 cm³/mol. The Balaban J connectivity index is 2.05. The van der Waals surface area contributed by atoms with Crippen LogP contribution in [0.1, 0.15) is 6.92 Å². The highest BCUT2D eigenvalue weighted by atomic mass is 35.5. The van der Waals surface area contributed by atoms with Gasteiger partial charge in [-0.3, -0.25) is 19.4 Å². The van der Waals surface area contributed by atoms with E-state index >= 15 is 0 Å². The molecule has 1 aliphatic heterocycles. The van der Waals surface area contributed by atoms with Crippen LogP contribution in [-0.4, -0.2) is 29.2 Å². The molecule has 1 aromatic carbocycles. The number of nitrogens with zero attached hydrogens (tertiary/aromatic N) is 1. The number of anilines is 1. The molecule has 0 radical (unpaired) electrons. The number of rotatable bonds is 3. The summed E-state index contributed by atoms with van der Waals surface area (Å²) in [7, 11) is -3.56. The van der Waals surface area contributed by atoms with Gasteiger partial charge in [0.15, 0.2) is 0 Å². The van der Waals surface area contributed by atoms with E-state index in [2.05, 4.69) is 5.09 Å². The third-order valence-corrected chi connectivity index (χ3v) is 4.35. The van der Waals surface area contributed by atoms with Crippen molar-refractivity contribution in [3.8, 4) is 0 Å². The third kappa shape index (κ3) is 3.46. The van der Waals surface area contributed by atoms with Gasteiger partial charge < -0.3 is 10.4 Å². The summed E-state index contributed by atoms with van der Waals surface area (Å²) in [6, 6.07) is 6.56. The number of halogens is 1. The molecule has 0 aliphatic carbocycles. The van der Waals surface area contributed by atoms with E-state index in [1.54, 1.807) is 24.3 Å². The van der Waals surface area contributed by atoms with Crippen LogP contribution in [0.15, 0.2) is 24.3 Å². The van der Waals surface area contributed by atoms with Gasteiger partial charge in [-0.15, -0.1) is 0 Å². The first-order chi connectivity index (χ1) is 8.83. The van der Waals surface area contributed by atoms with Gasteiger partial charge in [0.1, 0.15) is 0 Å². The van der Waals surface area contributed by atoms with Gasteiger partial charge in [-0.1, -0.05) is 17.7 Å². The summed E-state index contributed by atoms with van der Waals surface area (Å²) in [5, 5.41) is 22.7. The standard InChI is InChI=1S/C10H13ClN2O5P/c1-10(13(14)15)6-17-19(16,18-7-10)12-9-4-2-3-8(11)5-9/h2-5,14H,6-7H2,1H3,(H,12,16)/q-1. The average Bonchev–Trinajstić information content (AvgIpc) is 2.33. The molecule has 1 heterocycles. The summed E-state index contributed by atoms with van der Waals surface area (Å²) in [6.07, 6.45) is 0. The zero-order chi connectivity index (χ0) is 14.1. The summed E-state index contributed by atoms with van der Waals surface area (Å²) >= 11 is 5.80. The minimum Gasteiger partial charge on any atom is -0.762 e. The minimum atomic E-state index is -3.56. The lowest BCUT2D eigenvalue weighted by Gasteiger charge is -2.44. The van der Waals surface area contributed by atoms with Crippen LogP contribution in [0.5, 0.6) is 0 Å². The summed E-state index contributed by atoms with van der Waals surface area (Å²) in [5.74, 6) is 0. The zero-order valence-corrected chi connectivity index (χ0v) is 11.7. The first-order valence-electron chi connectivity index (χ1n) is 5.42. The van der Waals surface area contributed by atoms with Crippen molar-refractivity contribution < 1.29 is 18.8 Å². The molecule has 0 unspecified atom stereocenters. The Hall–Kier alpha value is -0.660. The van der Waals surface area contributed by atoms with E-state index in [0.717, 1.165) is 0 Å². The van der Waals surface area contributed by atoms with Crippen LogP contribution in [0.4, 0.5) is 5.69 Å². The SMILES string of the molecule is CC1(N([O-])O)COP(=O)(Nc2cccc(Cl)c2)OC1. The predicted octanol–water partition coefficient (Wildman–Crippen LogP) is 2.85. The molecule has 1 fully saturated rings. The van der Waals surface area contributed by atoms with Crippen molar-refractivity contribution in [1.29, 1.82) is 0 Å². The van der Waals surface area contributed by atoms with Crippen LogP contribution in [0.2, 0.25) is 5.02 Å². The van der Waals surface area contributed by atoms with E-state index in [4.69, 9.17) is 25.9 Å². The zero-order valence-electron chi connectivity index (χ0n) is 10.1. The van der Waals surface area contributed by atoms with Gasteiger partial charge in [0.25, 0.3) is 0 Å². The largest absolute Gasteiger partial charge is 0.762 e. The Kier molecular flexibility index (Phi) is 4.17. The van der Waals surface area contributed by atoms with Gasteiger partial charge in [-0.2, -0.15) is 0 Å². The first kappa shape index (κ1) is 14.7. The highest BCUT2D eigenvalue weighted by Gasteiger charge is 2.40. The monoisotopic (exact) mass is 307 g/mol. The maximum Gasteiger partial charge on any atom is 0.432 e. The molecule has 0 saturated carbocycles. The van der Waals surface area contributed by atoms with Gasteiger partial charge in [-0.25, -0.2) is 4.57 Å². The molecule has 0 aromatic heterocycles. The van der Waals surface area contributed by atoms with Crippen molar-refractivity contribution in [2.24, 2.45) is 0 Å². The molecule has 9 heteroatoms. The lowest BCUT2D eigenvalue weighted by atomic mass is 10.1. The summed E-state index contributed by atoms with van der Waals surface area (Å²) in [6.45, 7) is 0.985. The summed E-state index contributed by atoms with van der Waals surface area (Å²) in [5.41, 5.74) is -0.799. The molecule has 0 bridgehead atoms. The fraction of sp³-hybridized carbons (Fsp3) is 0.400. The molecule has 1 saturated heterocycles. The molecule has 0 amide bonds. The number of nitrogens with one attached hydrogen (secondary N) is 1. The Morgan fingerprint density at radius 3 is 2.68 bits per heavy atom. The minimum absolute atomic E-state index is 0.224. The van der Waals surface area contributed by atoms with Gasteiger partial charge in [0.05, 0.1) is 18.8 Å². The maximum absolute atomic E-state index is 12.2. The molecule has 1 aliphatic rings. The second-order valence-corrected chi connectivity index (χ2v) is 6.61. The molecular weight excluding hydrogens is 295 g/mol. The quantitative estimate of drug-likeness (QED) is 0.655. The van der Waals surface area contributed by atoms with Crippen LogP contribution < -0.4 is 5.09 Å². The molecule has 2 rings (SSSR count). The van der Waals surface area contributed by atoms with Gasteiger partial charge in [-0.05, 0) is 25.1 Å². The van der Waals surface area contributed by atoms with E-state index in [1.165, 1.54) is 6.92 Å². The van der Waals surface area contributed by atoms with Crippen molar-refractivity contribution in [2.75, 3.05) is 18.3 Å². The van der Waals surface area contributed by atoms with Crippen molar-refractivity contribution in [3.05, 3.63) is 34.5 Å². The van der Waals surface area contributed by atoms with Crippen LogP contribution in [-0.2, 0) is 13.6 Å². The number of hydrogen-bond donors (Lipinski definition) is 2. The molecule has 106 valence electrons. The van der Waals surface area contributed by atoms with Crippen molar-refractivity contribution >= 4 is 25.0 Å². The normalized spacial score (nSPS) is 31.4. The van der Waals surface area contributed by atoms with Crippen molar-refractivity contribution in [3.63, 3.8) is 0 Å². The van der Waals surface area contributed by atoms with E-state index in [0.29, 0.717) is 10.7 Å². The summed E-state index contributed by atoms with van der Waals surface area (Å²) in [4.78, 5) is 0. The number of hydrogen-bond acceptors (Lipinski definition) is 6. The second kappa shape index (κ2) is 5.38.